The number of likely N-dealkylation sites (tertiary alicyclic amines) is 1. The molecule has 6 heteroatoms. The lowest BCUT2D eigenvalue weighted by molar-refractivity contribution is 0.0667. The van der Waals surface area contributed by atoms with Gasteiger partial charge in [0.25, 0.3) is 5.91 Å². The first-order valence-corrected chi connectivity index (χ1v) is 9.22. The third kappa shape index (κ3) is 3.45. The van der Waals surface area contributed by atoms with E-state index >= 15 is 0 Å². The number of pyridine rings is 1. The Morgan fingerprint density at radius 2 is 2.12 bits per heavy atom. The zero-order chi connectivity index (χ0) is 17.9. The van der Waals surface area contributed by atoms with Gasteiger partial charge in [-0.1, -0.05) is 24.3 Å². The van der Waals surface area contributed by atoms with E-state index in [-0.39, 0.29) is 5.91 Å². The molecule has 1 saturated heterocycles. The van der Waals surface area contributed by atoms with Gasteiger partial charge in [-0.15, -0.1) is 5.10 Å². The Labute approximate surface area is 152 Å². The Kier molecular flexibility index (Phi) is 4.65. The Hall–Kier alpha value is -2.76. The first-order valence-electron chi connectivity index (χ1n) is 9.22. The molecule has 1 aliphatic heterocycles. The highest BCUT2D eigenvalue weighted by Gasteiger charge is 2.24. The maximum atomic E-state index is 12.9. The fourth-order valence-corrected chi connectivity index (χ4v) is 3.79. The van der Waals surface area contributed by atoms with Crippen LogP contribution in [0.25, 0.3) is 5.65 Å². The summed E-state index contributed by atoms with van der Waals surface area (Å²) >= 11 is 0. The van der Waals surface area contributed by atoms with Crippen LogP contribution >= 0.6 is 0 Å². The Balaban J connectivity index is 1.41. The van der Waals surface area contributed by atoms with Crippen molar-refractivity contribution in [1.82, 2.24) is 24.9 Å². The number of piperidine rings is 1. The number of hydrogen-bond donors (Lipinski definition) is 0. The number of carbonyl (C=O) groups is 1. The van der Waals surface area contributed by atoms with Crippen molar-refractivity contribution in [3.8, 4) is 0 Å². The molecule has 4 rings (SSSR count). The first kappa shape index (κ1) is 16.7. The minimum atomic E-state index is 0.0722. The number of aromatic nitrogens is 4. The molecule has 0 bridgehead atoms. The van der Waals surface area contributed by atoms with Crippen LogP contribution in [0.2, 0.25) is 0 Å². The molecule has 3 aromatic rings. The van der Waals surface area contributed by atoms with Gasteiger partial charge in [0, 0.05) is 19.3 Å². The number of rotatable bonds is 4. The highest BCUT2D eigenvalue weighted by molar-refractivity contribution is 5.94. The van der Waals surface area contributed by atoms with Crippen LogP contribution < -0.4 is 0 Å². The third-order valence-electron chi connectivity index (χ3n) is 5.33. The fraction of sp³-hybridized carbons (Fsp3) is 0.400. The molecular formula is C20H23N5O. The van der Waals surface area contributed by atoms with E-state index in [1.165, 1.54) is 17.5 Å². The molecule has 0 saturated carbocycles. The van der Waals surface area contributed by atoms with Crippen molar-refractivity contribution in [2.75, 3.05) is 13.1 Å². The number of fused-ring (bicyclic) bond motifs is 1. The standard InChI is InChI=1S/C20H23N5O/c1-15-5-2-3-7-17(15)9-8-16-6-4-12-24(13-16)20(26)18-10-11-19-21-22-23-25(19)14-18/h2-3,5,7,10-11,14,16H,4,6,8-9,12-13H2,1H3/t16-/m1/s1. The minimum absolute atomic E-state index is 0.0722. The summed E-state index contributed by atoms with van der Waals surface area (Å²) in [5, 5.41) is 11.4. The SMILES string of the molecule is Cc1ccccc1CC[C@H]1CCCN(C(=O)c2ccc3nnnn3c2)C1. The average molecular weight is 349 g/mol. The summed E-state index contributed by atoms with van der Waals surface area (Å²) in [6, 6.07) is 12.2. The summed E-state index contributed by atoms with van der Waals surface area (Å²) < 4.78 is 1.55. The van der Waals surface area contributed by atoms with Gasteiger partial charge in [-0.3, -0.25) is 4.79 Å². The predicted molar refractivity (Wildman–Crippen MR) is 98.9 cm³/mol. The predicted octanol–water partition coefficient (Wildman–Crippen LogP) is 2.92. The van der Waals surface area contributed by atoms with Gasteiger partial charge >= 0.3 is 0 Å². The molecule has 1 atom stereocenters. The van der Waals surface area contributed by atoms with Crippen molar-refractivity contribution in [2.45, 2.75) is 32.6 Å². The second-order valence-electron chi connectivity index (χ2n) is 7.12. The lowest BCUT2D eigenvalue weighted by Gasteiger charge is -2.33. The number of benzene rings is 1. The van der Waals surface area contributed by atoms with E-state index in [0.29, 0.717) is 17.1 Å². The van der Waals surface area contributed by atoms with Crippen molar-refractivity contribution in [2.24, 2.45) is 5.92 Å². The molecule has 1 amide bonds. The topological polar surface area (TPSA) is 63.4 Å². The highest BCUT2D eigenvalue weighted by atomic mass is 16.2. The summed E-state index contributed by atoms with van der Waals surface area (Å²) in [5.41, 5.74) is 4.06. The molecule has 0 unspecified atom stereocenters. The zero-order valence-electron chi connectivity index (χ0n) is 15.0. The van der Waals surface area contributed by atoms with Crippen LogP contribution in [0.4, 0.5) is 0 Å². The van der Waals surface area contributed by atoms with Gasteiger partial charge in [0.05, 0.1) is 5.56 Å². The van der Waals surface area contributed by atoms with Gasteiger partial charge in [-0.25, -0.2) is 0 Å². The molecule has 2 aromatic heterocycles. The van der Waals surface area contributed by atoms with Gasteiger partial charge in [0.15, 0.2) is 5.65 Å². The molecule has 26 heavy (non-hydrogen) atoms. The van der Waals surface area contributed by atoms with Crippen molar-refractivity contribution < 1.29 is 4.79 Å². The smallest absolute Gasteiger partial charge is 0.255 e. The zero-order valence-corrected chi connectivity index (χ0v) is 15.0. The molecule has 0 spiro atoms. The number of nitrogens with zero attached hydrogens (tertiary/aromatic N) is 5. The lowest BCUT2D eigenvalue weighted by Crippen LogP contribution is -2.40. The summed E-state index contributed by atoms with van der Waals surface area (Å²) in [5.74, 6) is 0.632. The first-order chi connectivity index (χ1) is 12.7. The summed E-state index contributed by atoms with van der Waals surface area (Å²) in [6.45, 7) is 3.83. The summed E-state index contributed by atoms with van der Waals surface area (Å²) in [4.78, 5) is 14.9. The second-order valence-corrected chi connectivity index (χ2v) is 7.12. The molecule has 3 heterocycles. The van der Waals surface area contributed by atoms with Crippen LogP contribution in [0.5, 0.6) is 0 Å². The Morgan fingerprint density at radius 1 is 1.23 bits per heavy atom. The molecule has 1 fully saturated rings. The van der Waals surface area contributed by atoms with Crippen LogP contribution in [0, 0.1) is 12.8 Å². The monoisotopic (exact) mass is 349 g/mol. The normalized spacial score (nSPS) is 17.6. The number of aryl methyl sites for hydroxylation is 2. The average Bonchev–Trinajstić information content (AvgIpc) is 3.15. The Morgan fingerprint density at radius 3 is 3.00 bits per heavy atom. The van der Waals surface area contributed by atoms with Gasteiger partial charge in [-0.2, -0.15) is 4.52 Å². The van der Waals surface area contributed by atoms with Crippen molar-refractivity contribution in [3.63, 3.8) is 0 Å². The van der Waals surface area contributed by atoms with Gasteiger partial charge in [-0.05, 0) is 72.2 Å². The molecule has 134 valence electrons. The number of hydrogen-bond acceptors (Lipinski definition) is 4. The van der Waals surface area contributed by atoms with Crippen LogP contribution in [0.1, 0.15) is 40.7 Å². The molecule has 0 aliphatic carbocycles. The van der Waals surface area contributed by atoms with E-state index in [0.717, 1.165) is 32.4 Å². The number of carbonyl (C=O) groups excluding carboxylic acids is 1. The van der Waals surface area contributed by atoms with E-state index in [4.69, 9.17) is 0 Å². The highest BCUT2D eigenvalue weighted by Crippen LogP contribution is 2.23. The summed E-state index contributed by atoms with van der Waals surface area (Å²) in [6.07, 6.45) is 6.18. The third-order valence-corrected chi connectivity index (χ3v) is 5.33. The van der Waals surface area contributed by atoms with Gasteiger partial charge in [0.1, 0.15) is 0 Å². The Bertz CT molecular complexity index is 919. The van der Waals surface area contributed by atoms with E-state index in [1.807, 2.05) is 11.0 Å². The molecule has 6 nitrogen and oxygen atoms in total. The molecular weight excluding hydrogens is 326 g/mol. The van der Waals surface area contributed by atoms with E-state index < -0.39 is 0 Å². The number of tetrazole rings is 1. The molecule has 0 radical (unpaired) electrons. The molecule has 1 aliphatic rings. The molecule has 0 N–H and O–H groups in total. The van der Waals surface area contributed by atoms with Crippen molar-refractivity contribution >= 4 is 11.6 Å². The maximum absolute atomic E-state index is 12.9. The maximum Gasteiger partial charge on any atom is 0.255 e. The lowest BCUT2D eigenvalue weighted by atomic mass is 9.90. The summed E-state index contributed by atoms with van der Waals surface area (Å²) in [7, 11) is 0. The quantitative estimate of drug-likeness (QED) is 0.726. The van der Waals surface area contributed by atoms with Crippen LogP contribution in [0.15, 0.2) is 42.6 Å². The largest absolute Gasteiger partial charge is 0.338 e. The van der Waals surface area contributed by atoms with Crippen LogP contribution in [-0.4, -0.2) is 43.9 Å². The van der Waals surface area contributed by atoms with E-state index in [1.54, 1.807) is 16.8 Å². The van der Waals surface area contributed by atoms with E-state index in [9.17, 15) is 4.79 Å². The number of amides is 1. The van der Waals surface area contributed by atoms with Crippen LogP contribution in [-0.2, 0) is 6.42 Å². The van der Waals surface area contributed by atoms with Crippen molar-refractivity contribution in [3.05, 3.63) is 59.3 Å². The minimum Gasteiger partial charge on any atom is -0.338 e. The second kappa shape index (κ2) is 7.23. The van der Waals surface area contributed by atoms with Crippen LogP contribution in [0.3, 0.4) is 0 Å². The molecule has 1 aromatic carbocycles. The van der Waals surface area contributed by atoms with E-state index in [2.05, 4.69) is 46.7 Å². The van der Waals surface area contributed by atoms with Gasteiger partial charge < -0.3 is 4.90 Å². The fourth-order valence-electron chi connectivity index (χ4n) is 3.79. The van der Waals surface area contributed by atoms with Crippen molar-refractivity contribution in [1.29, 1.82) is 0 Å². The van der Waals surface area contributed by atoms with Gasteiger partial charge in [0.2, 0.25) is 0 Å².